The van der Waals surface area contributed by atoms with Gasteiger partial charge in [0.1, 0.15) is 5.75 Å². The van der Waals surface area contributed by atoms with Crippen LogP contribution in [0.5, 0.6) is 5.75 Å². The lowest BCUT2D eigenvalue weighted by atomic mass is 9.56. The number of aromatic hydroxyl groups is 1. The van der Waals surface area contributed by atoms with Gasteiger partial charge in [-0.1, -0.05) is 12.1 Å². The average molecular weight is 630 g/mol. The van der Waals surface area contributed by atoms with E-state index in [0.29, 0.717) is 22.1 Å². The number of likely N-dealkylation sites (tertiary alicyclic amines) is 2. The Morgan fingerprint density at radius 2 is 1.43 bits per heavy atom. The highest BCUT2D eigenvalue weighted by Gasteiger charge is 2.55. The number of carboxylic acid groups (broad SMARTS) is 1. The van der Waals surface area contributed by atoms with Crippen molar-refractivity contribution in [2.45, 2.75) is 82.3 Å². The first kappa shape index (κ1) is 30.4. The molecule has 6 aliphatic rings. The van der Waals surface area contributed by atoms with Crippen molar-refractivity contribution in [3.63, 3.8) is 0 Å². The van der Waals surface area contributed by atoms with E-state index in [1.54, 1.807) is 6.07 Å². The Bertz CT molecular complexity index is 1410. The minimum absolute atomic E-state index is 0.0922. The second kappa shape index (κ2) is 11.9. The average Bonchev–Trinajstić information content (AvgIpc) is 3.03. The highest BCUT2D eigenvalue weighted by Crippen LogP contribution is 2.55. The number of anilines is 2. The maximum atomic E-state index is 11.3. The zero-order chi connectivity index (χ0) is 31.5. The minimum Gasteiger partial charge on any atom is -0.507 e. The van der Waals surface area contributed by atoms with Gasteiger partial charge in [0, 0.05) is 70.0 Å². The van der Waals surface area contributed by atoms with Crippen LogP contribution in [0.3, 0.4) is 0 Å². The summed E-state index contributed by atoms with van der Waals surface area (Å²) in [7, 11) is 1.89. The maximum absolute atomic E-state index is 11.3. The first-order chi connectivity index (χ1) is 22.3. The van der Waals surface area contributed by atoms with E-state index in [1.165, 1.54) is 64.7 Å². The number of hydrogen-bond donors (Lipinski definition) is 3. The second-order valence-electron chi connectivity index (χ2n) is 15.7. The summed E-state index contributed by atoms with van der Waals surface area (Å²) in [4.78, 5) is 22.1. The van der Waals surface area contributed by atoms with Crippen molar-refractivity contribution in [3.8, 4) is 17.0 Å². The summed E-state index contributed by atoms with van der Waals surface area (Å²) in [6, 6.07) is 11.6. The fourth-order valence-corrected chi connectivity index (χ4v) is 10.2. The number of aromatic nitrogens is 2. The van der Waals surface area contributed by atoms with Crippen molar-refractivity contribution < 1.29 is 15.0 Å². The van der Waals surface area contributed by atoms with Gasteiger partial charge in [-0.15, -0.1) is 10.2 Å². The minimum atomic E-state index is -0.583. The third-order valence-corrected chi connectivity index (χ3v) is 13.0. The number of nitrogens with one attached hydrogen (secondary N) is 1. The van der Waals surface area contributed by atoms with Crippen LogP contribution < -0.4 is 10.2 Å². The van der Waals surface area contributed by atoms with Gasteiger partial charge < -0.3 is 25.3 Å². The normalized spacial score (nSPS) is 30.9. The van der Waals surface area contributed by atoms with E-state index in [0.717, 1.165) is 81.5 Å². The van der Waals surface area contributed by atoms with Crippen LogP contribution in [0.4, 0.5) is 11.5 Å². The van der Waals surface area contributed by atoms with Gasteiger partial charge in [0.25, 0.3) is 0 Å². The number of rotatable bonds is 7. The molecule has 2 aromatic rings. The van der Waals surface area contributed by atoms with Crippen molar-refractivity contribution in [2.75, 3.05) is 69.6 Å². The molecule has 3 saturated carbocycles. The molecule has 6 fully saturated rings. The van der Waals surface area contributed by atoms with E-state index in [1.807, 2.05) is 25.2 Å². The molecule has 1 aromatic heterocycles. The topological polar surface area (TPSA) is 108 Å². The van der Waals surface area contributed by atoms with Crippen LogP contribution in [0.15, 0.2) is 30.3 Å². The molecule has 10 heteroatoms. The predicted molar refractivity (Wildman–Crippen MR) is 179 cm³/mol. The summed E-state index contributed by atoms with van der Waals surface area (Å²) in [5.74, 6) is 0.336. The first-order valence-corrected chi connectivity index (χ1v) is 17.9. The fourth-order valence-electron chi connectivity index (χ4n) is 10.2. The quantitative estimate of drug-likeness (QED) is 0.409. The van der Waals surface area contributed by atoms with E-state index < -0.39 is 5.97 Å². The molecule has 3 aliphatic heterocycles. The molecular weight excluding hydrogens is 578 g/mol. The molecule has 0 atom stereocenters. The Morgan fingerprint density at radius 1 is 0.804 bits per heavy atom. The number of benzene rings is 1. The van der Waals surface area contributed by atoms with Gasteiger partial charge in [-0.3, -0.25) is 14.6 Å². The Kier molecular flexibility index (Phi) is 7.88. The summed E-state index contributed by atoms with van der Waals surface area (Å²) < 4.78 is 0. The fraction of sp³-hybridized carbons (Fsp3) is 0.694. The van der Waals surface area contributed by atoms with Crippen LogP contribution in [0.2, 0.25) is 0 Å². The lowest BCUT2D eigenvalue weighted by Crippen LogP contribution is -2.70. The molecule has 4 heterocycles. The molecule has 2 spiro atoms. The lowest BCUT2D eigenvalue weighted by molar-refractivity contribution is -0.146. The third-order valence-electron chi connectivity index (χ3n) is 13.0. The number of nitrogens with zero attached hydrogens (tertiary/aromatic N) is 6. The molecule has 3 aliphatic carbocycles. The van der Waals surface area contributed by atoms with Gasteiger partial charge in [-0.05, 0) is 106 Å². The van der Waals surface area contributed by atoms with E-state index in [9.17, 15) is 15.0 Å². The zero-order valence-corrected chi connectivity index (χ0v) is 27.4. The number of piperazine rings is 1. The highest BCUT2D eigenvalue weighted by atomic mass is 16.4. The molecule has 0 radical (unpaired) electrons. The number of piperidine rings is 1. The maximum Gasteiger partial charge on any atom is 0.306 e. The van der Waals surface area contributed by atoms with Crippen molar-refractivity contribution in [3.05, 3.63) is 30.3 Å². The highest BCUT2D eigenvalue weighted by molar-refractivity contribution is 5.75. The SMILES string of the molecule is CNc1nnc(-c2ccccc2O)cc1N1CCN(C2CC3(C2)CN(C2CCN(C4CC5(CCC(C(=O)O)CC5)C4)CC2)C3)CC1. The van der Waals surface area contributed by atoms with E-state index >= 15 is 0 Å². The molecule has 248 valence electrons. The molecule has 10 nitrogen and oxygen atoms in total. The molecule has 1 aromatic carbocycles. The molecule has 8 rings (SSSR count). The van der Waals surface area contributed by atoms with Crippen LogP contribution in [-0.2, 0) is 4.79 Å². The van der Waals surface area contributed by atoms with E-state index in [2.05, 4.69) is 41.2 Å². The van der Waals surface area contributed by atoms with Crippen LogP contribution in [0.1, 0.15) is 64.2 Å². The number of phenols is 1. The Labute approximate surface area is 273 Å². The first-order valence-electron chi connectivity index (χ1n) is 17.9. The summed E-state index contributed by atoms with van der Waals surface area (Å²) in [5, 5.41) is 31.8. The standard InChI is InChI=1S/C36H51N7O3/c1-37-33-31(18-30(38-39-33)29-4-2-3-5-32(29)44)42-16-14-41(15-17-42)28-21-36(22-28)23-43(24-36)26-8-12-40(13-9-26)27-19-35(20-27)10-6-25(7-11-35)34(45)46/h2-5,18,25-28,44H,6-17,19-24H2,1H3,(H,37,39)(H,45,46). The Balaban J connectivity index is 0.766. The van der Waals surface area contributed by atoms with Gasteiger partial charge in [0.2, 0.25) is 0 Å². The molecule has 3 saturated heterocycles. The lowest BCUT2D eigenvalue weighted by Gasteiger charge is -2.64. The molecule has 46 heavy (non-hydrogen) atoms. The third kappa shape index (κ3) is 5.54. The number of aliphatic carboxylic acids is 1. The van der Waals surface area contributed by atoms with Crippen LogP contribution in [-0.4, -0.2) is 119 Å². The van der Waals surface area contributed by atoms with E-state index in [-0.39, 0.29) is 11.7 Å². The summed E-state index contributed by atoms with van der Waals surface area (Å²) in [5.41, 5.74) is 3.49. The van der Waals surface area contributed by atoms with Crippen molar-refractivity contribution in [1.82, 2.24) is 24.9 Å². The summed E-state index contributed by atoms with van der Waals surface area (Å²) in [6.45, 7) is 9.18. The molecule has 3 N–H and O–H groups in total. The number of phenolic OH excluding ortho intramolecular Hbond substituents is 1. The molecule has 0 unspecified atom stereocenters. The van der Waals surface area contributed by atoms with Crippen molar-refractivity contribution in [1.29, 1.82) is 0 Å². The van der Waals surface area contributed by atoms with Crippen molar-refractivity contribution >= 4 is 17.5 Å². The van der Waals surface area contributed by atoms with Crippen LogP contribution in [0.25, 0.3) is 11.3 Å². The number of carboxylic acids is 1. The Morgan fingerprint density at radius 3 is 2.07 bits per heavy atom. The monoisotopic (exact) mass is 629 g/mol. The molecular formula is C36H51N7O3. The number of hydrogen-bond acceptors (Lipinski definition) is 9. The predicted octanol–water partition coefficient (Wildman–Crippen LogP) is 4.37. The van der Waals surface area contributed by atoms with E-state index in [4.69, 9.17) is 0 Å². The van der Waals surface area contributed by atoms with Gasteiger partial charge >= 0.3 is 5.97 Å². The summed E-state index contributed by atoms with van der Waals surface area (Å²) in [6.07, 6.45) is 12.0. The Hall–Kier alpha value is -2.95. The smallest absolute Gasteiger partial charge is 0.306 e. The number of carbonyl (C=O) groups is 1. The molecule has 0 bridgehead atoms. The van der Waals surface area contributed by atoms with Crippen LogP contribution >= 0.6 is 0 Å². The number of para-hydroxylation sites is 1. The van der Waals surface area contributed by atoms with Crippen LogP contribution in [0, 0.1) is 16.7 Å². The molecule has 0 amide bonds. The largest absolute Gasteiger partial charge is 0.507 e. The van der Waals surface area contributed by atoms with Crippen molar-refractivity contribution in [2.24, 2.45) is 16.7 Å². The summed E-state index contributed by atoms with van der Waals surface area (Å²) >= 11 is 0. The zero-order valence-electron chi connectivity index (χ0n) is 27.4. The second-order valence-corrected chi connectivity index (χ2v) is 15.7. The van der Waals surface area contributed by atoms with Gasteiger partial charge in [-0.2, -0.15) is 0 Å². The van der Waals surface area contributed by atoms with Gasteiger partial charge in [0.15, 0.2) is 5.82 Å². The van der Waals surface area contributed by atoms with Gasteiger partial charge in [-0.25, -0.2) is 0 Å². The van der Waals surface area contributed by atoms with Gasteiger partial charge in [0.05, 0.1) is 17.3 Å².